The summed E-state index contributed by atoms with van der Waals surface area (Å²) in [4.78, 5) is 0. The lowest BCUT2D eigenvalue weighted by molar-refractivity contribution is 0.224. The van der Waals surface area contributed by atoms with E-state index in [1.54, 1.807) is 0 Å². The van der Waals surface area contributed by atoms with Gasteiger partial charge in [0.25, 0.3) is 0 Å². The highest BCUT2D eigenvalue weighted by molar-refractivity contribution is 9.10. The van der Waals surface area contributed by atoms with E-state index >= 15 is 0 Å². The highest BCUT2D eigenvalue weighted by Gasteiger charge is 2.24. The van der Waals surface area contributed by atoms with Gasteiger partial charge in [-0.15, -0.1) is 0 Å². The van der Waals surface area contributed by atoms with E-state index in [1.165, 1.54) is 24.8 Å². The first-order chi connectivity index (χ1) is 9.20. The SMILES string of the molecule is CC1CCC(CNCC2Cc3cc(Br)ccc3O2)C1. The molecule has 0 aromatic heterocycles. The third-order valence-electron chi connectivity index (χ3n) is 4.37. The molecule has 19 heavy (non-hydrogen) atoms. The molecule has 1 N–H and O–H groups in total. The fourth-order valence-electron chi connectivity index (χ4n) is 3.36. The fourth-order valence-corrected chi connectivity index (χ4v) is 3.77. The molecule has 1 aliphatic heterocycles. The minimum Gasteiger partial charge on any atom is -0.488 e. The molecule has 104 valence electrons. The first-order valence-corrected chi connectivity index (χ1v) is 8.16. The number of nitrogens with one attached hydrogen (secondary N) is 1. The van der Waals surface area contributed by atoms with Crippen molar-refractivity contribution in [2.24, 2.45) is 11.8 Å². The molecule has 3 rings (SSSR count). The number of fused-ring (bicyclic) bond motifs is 1. The van der Waals surface area contributed by atoms with Crippen LogP contribution in [-0.4, -0.2) is 19.2 Å². The maximum Gasteiger partial charge on any atom is 0.123 e. The Kier molecular flexibility index (Phi) is 4.13. The fraction of sp³-hybridized carbons (Fsp3) is 0.625. The van der Waals surface area contributed by atoms with Gasteiger partial charge in [0, 0.05) is 17.4 Å². The maximum atomic E-state index is 5.96. The lowest BCUT2D eigenvalue weighted by Gasteiger charge is -2.15. The van der Waals surface area contributed by atoms with Gasteiger partial charge in [0.1, 0.15) is 11.9 Å². The smallest absolute Gasteiger partial charge is 0.123 e. The predicted molar refractivity (Wildman–Crippen MR) is 81.6 cm³/mol. The molecule has 2 nitrogen and oxygen atoms in total. The Balaban J connectivity index is 1.43. The van der Waals surface area contributed by atoms with Crippen molar-refractivity contribution in [3.8, 4) is 5.75 Å². The van der Waals surface area contributed by atoms with Crippen LogP contribution in [0.15, 0.2) is 22.7 Å². The molecular weight excluding hydrogens is 302 g/mol. The normalized spacial score (nSPS) is 29.3. The van der Waals surface area contributed by atoms with Crippen LogP contribution in [0.2, 0.25) is 0 Å². The Hall–Kier alpha value is -0.540. The van der Waals surface area contributed by atoms with Gasteiger partial charge in [0.05, 0.1) is 0 Å². The molecule has 0 bridgehead atoms. The molecule has 3 heteroatoms. The van der Waals surface area contributed by atoms with Crippen molar-refractivity contribution < 1.29 is 4.74 Å². The van der Waals surface area contributed by atoms with Crippen LogP contribution in [0.5, 0.6) is 5.75 Å². The van der Waals surface area contributed by atoms with Crippen molar-refractivity contribution in [2.75, 3.05) is 13.1 Å². The summed E-state index contributed by atoms with van der Waals surface area (Å²) in [7, 11) is 0. The van der Waals surface area contributed by atoms with E-state index in [0.29, 0.717) is 6.10 Å². The average Bonchev–Trinajstić information content (AvgIpc) is 2.95. The summed E-state index contributed by atoms with van der Waals surface area (Å²) in [6, 6.07) is 6.29. The second-order valence-corrected chi connectivity index (χ2v) is 7.05. The van der Waals surface area contributed by atoms with Crippen molar-refractivity contribution in [1.29, 1.82) is 0 Å². The molecular formula is C16H22BrNO. The van der Waals surface area contributed by atoms with Gasteiger partial charge < -0.3 is 10.1 Å². The summed E-state index contributed by atoms with van der Waals surface area (Å²) in [5, 5.41) is 3.60. The standard InChI is InChI=1S/C16H22BrNO/c1-11-2-3-12(6-11)9-18-10-15-8-13-7-14(17)4-5-16(13)19-15/h4-5,7,11-12,15,18H,2-3,6,8-10H2,1H3. The summed E-state index contributed by atoms with van der Waals surface area (Å²) in [6.07, 6.45) is 5.54. The van der Waals surface area contributed by atoms with Gasteiger partial charge in [-0.25, -0.2) is 0 Å². The van der Waals surface area contributed by atoms with Crippen LogP contribution in [0.3, 0.4) is 0 Å². The Morgan fingerprint density at radius 2 is 2.21 bits per heavy atom. The third kappa shape index (κ3) is 3.32. The predicted octanol–water partition coefficient (Wildman–Crippen LogP) is 3.78. The zero-order valence-electron chi connectivity index (χ0n) is 11.5. The molecule has 0 saturated heterocycles. The number of benzene rings is 1. The van der Waals surface area contributed by atoms with Crippen LogP contribution in [-0.2, 0) is 6.42 Å². The highest BCUT2D eigenvalue weighted by Crippen LogP contribution is 2.31. The second kappa shape index (κ2) is 5.84. The van der Waals surface area contributed by atoms with Crippen molar-refractivity contribution in [3.05, 3.63) is 28.2 Å². The quantitative estimate of drug-likeness (QED) is 0.910. The van der Waals surface area contributed by atoms with E-state index in [1.807, 2.05) is 0 Å². The van der Waals surface area contributed by atoms with Gasteiger partial charge in [-0.2, -0.15) is 0 Å². The van der Waals surface area contributed by atoms with E-state index < -0.39 is 0 Å². The molecule has 0 radical (unpaired) electrons. The first-order valence-electron chi connectivity index (χ1n) is 7.36. The second-order valence-electron chi connectivity index (χ2n) is 6.14. The minimum absolute atomic E-state index is 0.308. The van der Waals surface area contributed by atoms with Crippen LogP contribution >= 0.6 is 15.9 Å². The largest absolute Gasteiger partial charge is 0.488 e. The van der Waals surface area contributed by atoms with Crippen LogP contribution in [0.1, 0.15) is 31.7 Å². The van der Waals surface area contributed by atoms with Crippen LogP contribution < -0.4 is 10.1 Å². The topological polar surface area (TPSA) is 21.3 Å². The van der Waals surface area contributed by atoms with E-state index in [-0.39, 0.29) is 0 Å². The Morgan fingerprint density at radius 1 is 1.32 bits per heavy atom. The Bertz CT molecular complexity index is 448. The molecule has 0 amide bonds. The molecule has 2 aliphatic rings. The highest BCUT2D eigenvalue weighted by atomic mass is 79.9. The summed E-state index contributed by atoms with van der Waals surface area (Å²) < 4.78 is 7.11. The Labute approximate surface area is 124 Å². The lowest BCUT2D eigenvalue weighted by atomic mass is 10.1. The number of hydrogen-bond donors (Lipinski definition) is 1. The van der Waals surface area contributed by atoms with Gasteiger partial charge in [-0.05, 0) is 55.0 Å². The van der Waals surface area contributed by atoms with Gasteiger partial charge in [-0.1, -0.05) is 29.3 Å². The van der Waals surface area contributed by atoms with Crippen molar-refractivity contribution in [1.82, 2.24) is 5.32 Å². The van der Waals surface area contributed by atoms with E-state index in [0.717, 1.165) is 41.6 Å². The molecule has 1 fully saturated rings. The molecule has 1 heterocycles. The number of rotatable bonds is 4. The van der Waals surface area contributed by atoms with Crippen molar-refractivity contribution >= 4 is 15.9 Å². The number of halogens is 1. The monoisotopic (exact) mass is 323 g/mol. The van der Waals surface area contributed by atoms with E-state index in [9.17, 15) is 0 Å². The van der Waals surface area contributed by atoms with Crippen LogP contribution in [0.4, 0.5) is 0 Å². The van der Waals surface area contributed by atoms with Gasteiger partial charge in [-0.3, -0.25) is 0 Å². The minimum atomic E-state index is 0.308. The van der Waals surface area contributed by atoms with Crippen molar-refractivity contribution in [3.63, 3.8) is 0 Å². The molecule has 0 spiro atoms. The maximum absolute atomic E-state index is 5.96. The number of ether oxygens (including phenoxy) is 1. The number of hydrogen-bond acceptors (Lipinski definition) is 2. The molecule has 1 aromatic carbocycles. The molecule has 1 aliphatic carbocycles. The van der Waals surface area contributed by atoms with Gasteiger partial charge in [0.2, 0.25) is 0 Å². The average molecular weight is 324 g/mol. The Morgan fingerprint density at radius 3 is 3.00 bits per heavy atom. The van der Waals surface area contributed by atoms with E-state index in [2.05, 4.69) is 46.4 Å². The first kappa shape index (κ1) is 13.4. The zero-order valence-corrected chi connectivity index (χ0v) is 13.1. The summed E-state index contributed by atoms with van der Waals surface area (Å²) >= 11 is 3.52. The van der Waals surface area contributed by atoms with Crippen LogP contribution in [0.25, 0.3) is 0 Å². The van der Waals surface area contributed by atoms with Gasteiger partial charge >= 0.3 is 0 Å². The molecule has 3 unspecified atom stereocenters. The summed E-state index contributed by atoms with van der Waals surface area (Å²) in [5.41, 5.74) is 1.33. The molecule has 3 atom stereocenters. The van der Waals surface area contributed by atoms with Gasteiger partial charge in [0.15, 0.2) is 0 Å². The molecule has 1 aromatic rings. The zero-order chi connectivity index (χ0) is 13.2. The van der Waals surface area contributed by atoms with E-state index in [4.69, 9.17) is 4.74 Å². The summed E-state index contributed by atoms with van der Waals surface area (Å²) in [6.45, 7) is 4.50. The third-order valence-corrected chi connectivity index (χ3v) is 4.87. The van der Waals surface area contributed by atoms with Crippen molar-refractivity contribution in [2.45, 2.75) is 38.7 Å². The molecule has 1 saturated carbocycles. The van der Waals surface area contributed by atoms with Crippen LogP contribution in [0, 0.1) is 11.8 Å². The summed E-state index contributed by atoms with van der Waals surface area (Å²) in [5.74, 6) is 2.87. The lowest BCUT2D eigenvalue weighted by Crippen LogP contribution is -2.32.